The van der Waals surface area contributed by atoms with Crippen LogP contribution in [0.4, 0.5) is 0 Å². The number of aliphatic hydroxyl groups excluding tert-OH is 1. The van der Waals surface area contributed by atoms with Gasteiger partial charge in [-0.15, -0.1) is 0 Å². The van der Waals surface area contributed by atoms with Crippen LogP contribution >= 0.6 is 0 Å². The molecule has 0 bridgehead atoms. The highest BCUT2D eigenvalue weighted by atomic mass is 16.6. The van der Waals surface area contributed by atoms with E-state index in [0.29, 0.717) is 0 Å². The standard InChI is InChI=1S/C12H23N3O6/c1-5(2)8(14)11(18)21-12(19)9(15)6(3)20-10(17)7(13)4-16/h5-9,16H,4,13-15H2,1-3H3/t6-,7+,8+,9+/m1/s1. The minimum absolute atomic E-state index is 0.209. The average molecular weight is 305 g/mol. The van der Waals surface area contributed by atoms with Gasteiger partial charge in [0, 0.05) is 0 Å². The number of carbonyl (C=O) groups excluding carboxylic acids is 3. The maximum absolute atomic E-state index is 11.6. The second-order valence-corrected chi connectivity index (χ2v) is 4.97. The molecule has 9 heteroatoms. The number of nitrogens with two attached hydrogens (primary N) is 3. The molecule has 0 aromatic carbocycles. The van der Waals surface area contributed by atoms with Crippen molar-refractivity contribution in [1.82, 2.24) is 0 Å². The Morgan fingerprint density at radius 1 is 0.952 bits per heavy atom. The van der Waals surface area contributed by atoms with Crippen LogP contribution in [0.5, 0.6) is 0 Å². The molecule has 0 aliphatic heterocycles. The number of rotatable bonds is 7. The zero-order valence-corrected chi connectivity index (χ0v) is 12.3. The predicted octanol–water partition coefficient (Wildman–Crippen LogP) is -2.38. The Hall–Kier alpha value is -1.55. The molecule has 0 fully saturated rings. The van der Waals surface area contributed by atoms with Crippen molar-refractivity contribution in [3.63, 3.8) is 0 Å². The average Bonchev–Trinajstić information content (AvgIpc) is 2.43. The molecule has 0 unspecified atom stereocenters. The number of ether oxygens (including phenoxy) is 2. The zero-order chi connectivity index (χ0) is 16.7. The summed E-state index contributed by atoms with van der Waals surface area (Å²) < 4.78 is 9.31. The molecular weight excluding hydrogens is 282 g/mol. The van der Waals surface area contributed by atoms with E-state index >= 15 is 0 Å². The fraction of sp³-hybridized carbons (Fsp3) is 0.750. The molecule has 0 heterocycles. The Bertz CT molecular complexity index is 387. The number of aliphatic hydroxyl groups is 1. The van der Waals surface area contributed by atoms with Gasteiger partial charge in [-0.05, 0) is 12.8 Å². The quantitative estimate of drug-likeness (QED) is 0.296. The van der Waals surface area contributed by atoms with Gasteiger partial charge in [-0.3, -0.25) is 4.79 Å². The van der Waals surface area contributed by atoms with Crippen molar-refractivity contribution in [3.05, 3.63) is 0 Å². The molecule has 0 amide bonds. The highest BCUT2D eigenvalue weighted by Gasteiger charge is 2.30. The van der Waals surface area contributed by atoms with Gasteiger partial charge < -0.3 is 31.8 Å². The van der Waals surface area contributed by atoms with Crippen molar-refractivity contribution < 1.29 is 29.0 Å². The molecule has 9 nitrogen and oxygen atoms in total. The van der Waals surface area contributed by atoms with Crippen molar-refractivity contribution in [2.45, 2.75) is 45.0 Å². The van der Waals surface area contributed by atoms with Crippen molar-refractivity contribution in [3.8, 4) is 0 Å². The molecule has 0 saturated heterocycles. The SMILES string of the molecule is CC(C)[C@H](N)C(=O)OC(=O)[C@@H](N)[C@@H](C)OC(=O)[C@@H](N)CO. The third-order valence-electron chi connectivity index (χ3n) is 2.77. The number of esters is 3. The van der Waals surface area contributed by atoms with Gasteiger partial charge in [0.25, 0.3) is 0 Å². The summed E-state index contributed by atoms with van der Waals surface area (Å²) in [5, 5.41) is 8.69. The molecule has 0 aromatic heterocycles. The summed E-state index contributed by atoms with van der Waals surface area (Å²) in [5.41, 5.74) is 16.3. The summed E-state index contributed by atoms with van der Waals surface area (Å²) in [6, 6.07) is -3.56. The lowest BCUT2D eigenvalue weighted by Gasteiger charge is -2.21. The first-order chi connectivity index (χ1) is 9.61. The van der Waals surface area contributed by atoms with E-state index in [-0.39, 0.29) is 5.92 Å². The monoisotopic (exact) mass is 305 g/mol. The second-order valence-electron chi connectivity index (χ2n) is 4.97. The number of hydrogen-bond donors (Lipinski definition) is 4. The first-order valence-corrected chi connectivity index (χ1v) is 6.45. The van der Waals surface area contributed by atoms with Crippen LogP contribution in [0.25, 0.3) is 0 Å². The fourth-order valence-corrected chi connectivity index (χ4v) is 1.12. The Morgan fingerprint density at radius 2 is 1.43 bits per heavy atom. The van der Waals surface area contributed by atoms with E-state index in [2.05, 4.69) is 4.74 Å². The van der Waals surface area contributed by atoms with Crippen LogP contribution < -0.4 is 17.2 Å². The Kier molecular flexibility index (Phi) is 8.03. The Balaban J connectivity index is 4.50. The van der Waals surface area contributed by atoms with E-state index in [1.54, 1.807) is 13.8 Å². The van der Waals surface area contributed by atoms with E-state index in [1.807, 2.05) is 0 Å². The largest absolute Gasteiger partial charge is 0.459 e. The summed E-state index contributed by atoms with van der Waals surface area (Å²) in [6.07, 6.45) is -1.08. The van der Waals surface area contributed by atoms with Gasteiger partial charge in [0.2, 0.25) is 0 Å². The summed E-state index contributed by atoms with van der Waals surface area (Å²) in [7, 11) is 0. The highest BCUT2D eigenvalue weighted by molar-refractivity contribution is 5.91. The van der Waals surface area contributed by atoms with Gasteiger partial charge in [0.1, 0.15) is 24.2 Å². The first kappa shape index (κ1) is 19.4. The van der Waals surface area contributed by atoms with Crippen LogP contribution in [0.1, 0.15) is 20.8 Å². The van der Waals surface area contributed by atoms with Crippen LogP contribution in [-0.4, -0.2) is 53.9 Å². The first-order valence-electron chi connectivity index (χ1n) is 6.45. The van der Waals surface area contributed by atoms with Gasteiger partial charge in [-0.1, -0.05) is 13.8 Å². The van der Waals surface area contributed by atoms with Crippen molar-refractivity contribution in [2.24, 2.45) is 23.1 Å². The molecule has 0 saturated carbocycles. The lowest BCUT2D eigenvalue weighted by molar-refractivity contribution is -0.165. The highest BCUT2D eigenvalue weighted by Crippen LogP contribution is 2.05. The van der Waals surface area contributed by atoms with Crippen LogP contribution in [0.2, 0.25) is 0 Å². The third-order valence-corrected chi connectivity index (χ3v) is 2.77. The third kappa shape index (κ3) is 6.17. The van der Waals surface area contributed by atoms with E-state index in [0.717, 1.165) is 0 Å². The topological polar surface area (TPSA) is 168 Å². The van der Waals surface area contributed by atoms with Crippen LogP contribution in [0, 0.1) is 5.92 Å². The zero-order valence-electron chi connectivity index (χ0n) is 12.3. The van der Waals surface area contributed by atoms with Crippen molar-refractivity contribution >= 4 is 17.9 Å². The lowest BCUT2D eigenvalue weighted by atomic mass is 10.1. The van der Waals surface area contributed by atoms with Gasteiger partial charge in [0.05, 0.1) is 6.61 Å². The minimum atomic E-state index is -1.37. The molecule has 21 heavy (non-hydrogen) atoms. The number of carbonyl (C=O) groups is 3. The van der Waals surface area contributed by atoms with Crippen LogP contribution in [-0.2, 0) is 23.9 Å². The fourth-order valence-electron chi connectivity index (χ4n) is 1.12. The smallest absolute Gasteiger partial charge is 0.334 e. The summed E-state index contributed by atoms with van der Waals surface area (Å²) in [6.45, 7) is 4.11. The van der Waals surface area contributed by atoms with E-state index in [4.69, 9.17) is 27.0 Å². The molecule has 7 N–H and O–H groups in total. The maximum Gasteiger partial charge on any atom is 0.334 e. The van der Waals surface area contributed by atoms with Crippen molar-refractivity contribution in [2.75, 3.05) is 6.61 Å². The van der Waals surface area contributed by atoms with Crippen molar-refractivity contribution in [1.29, 1.82) is 0 Å². The van der Waals surface area contributed by atoms with Gasteiger partial charge in [0.15, 0.2) is 0 Å². The van der Waals surface area contributed by atoms with Crippen LogP contribution in [0.15, 0.2) is 0 Å². The molecule has 0 aliphatic carbocycles. The lowest BCUT2D eigenvalue weighted by Crippen LogP contribution is -2.48. The normalized spacial score (nSPS) is 16.8. The predicted molar refractivity (Wildman–Crippen MR) is 72.5 cm³/mol. The molecule has 0 rings (SSSR count). The molecule has 0 radical (unpaired) electrons. The summed E-state index contributed by atoms with van der Waals surface area (Å²) >= 11 is 0. The van der Waals surface area contributed by atoms with Gasteiger partial charge in [-0.25, -0.2) is 9.59 Å². The number of hydrogen-bond acceptors (Lipinski definition) is 9. The second kappa shape index (κ2) is 8.67. The molecule has 0 aliphatic rings. The minimum Gasteiger partial charge on any atom is -0.459 e. The van der Waals surface area contributed by atoms with Gasteiger partial charge >= 0.3 is 17.9 Å². The van der Waals surface area contributed by atoms with E-state index < -0.39 is 48.7 Å². The van der Waals surface area contributed by atoms with Crippen LogP contribution in [0.3, 0.4) is 0 Å². The van der Waals surface area contributed by atoms with E-state index in [9.17, 15) is 14.4 Å². The molecule has 4 atom stereocenters. The van der Waals surface area contributed by atoms with Gasteiger partial charge in [-0.2, -0.15) is 0 Å². The Morgan fingerprint density at radius 3 is 1.86 bits per heavy atom. The Labute approximate surface area is 122 Å². The maximum atomic E-state index is 11.6. The summed E-state index contributed by atoms with van der Waals surface area (Å²) in [4.78, 5) is 34.5. The molecule has 0 aromatic rings. The van der Waals surface area contributed by atoms with E-state index in [1.165, 1.54) is 6.92 Å². The molecule has 0 spiro atoms. The molecule has 122 valence electrons. The molecular formula is C12H23N3O6. The summed E-state index contributed by atoms with van der Waals surface area (Å²) in [5.74, 6) is -3.09.